The summed E-state index contributed by atoms with van der Waals surface area (Å²) in [5, 5.41) is 7.46. The summed E-state index contributed by atoms with van der Waals surface area (Å²) < 4.78 is 0. The summed E-state index contributed by atoms with van der Waals surface area (Å²) in [6.07, 6.45) is 4.26. The maximum atomic E-state index is 6.29. The van der Waals surface area contributed by atoms with Crippen molar-refractivity contribution in [1.29, 1.82) is 0 Å². The highest BCUT2D eigenvalue weighted by molar-refractivity contribution is 6.32. The van der Waals surface area contributed by atoms with Crippen molar-refractivity contribution in [1.82, 2.24) is 10.3 Å². The summed E-state index contributed by atoms with van der Waals surface area (Å²) in [7, 11) is 0. The van der Waals surface area contributed by atoms with E-state index in [2.05, 4.69) is 43.3 Å². The molecule has 1 rings (SSSR count). The lowest BCUT2D eigenvalue weighted by atomic mass is 10.0. The monoisotopic (exact) mass is 297 g/mol. The molecule has 4 heteroatoms. The highest BCUT2D eigenvalue weighted by atomic mass is 35.5. The number of nitrogens with one attached hydrogen (secondary N) is 2. The fourth-order valence-corrected chi connectivity index (χ4v) is 2.28. The van der Waals surface area contributed by atoms with Crippen LogP contribution in [0.3, 0.4) is 0 Å². The predicted molar refractivity (Wildman–Crippen MR) is 88.4 cm³/mol. The molecule has 1 heterocycles. The molecule has 114 valence electrons. The largest absolute Gasteiger partial charge is 0.369 e. The van der Waals surface area contributed by atoms with Crippen molar-refractivity contribution >= 4 is 17.4 Å². The molecule has 20 heavy (non-hydrogen) atoms. The number of pyridine rings is 1. The predicted octanol–water partition coefficient (Wildman–Crippen LogP) is 4.33. The Labute approximate surface area is 128 Å². The van der Waals surface area contributed by atoms with E-state index in [1.165, 1.54) is 12.8 Å². The van der Waals surface area contributed by atoms with E-state index in [0.29, 0.717) is 16.9 Å². The normalized spacial score (nSPS) is 11.3. The number of hydrogen-bond donors (Lipinski definition) is 2. The Bertz CT molecular complexity index is 389. The molecular formula is C16H28ClN3. The van der Waals surface area contributed by atoms with Gasteiger partial charge in [0, 0.05) is 19.3 Å². The minimum atomic E-state index is 0.652. The molecule has 0 aliphatic carbocycles. The van der Waals surface area contributed by atoms with Gasteiger partial charge in [0.2, 0.25) is 0 Å². The summed E-state index contributed by atoms with van der Waals surface area (Å²) in [6, 6.07) is 2.00. The van der Waals surface area contributed by atoms with Gasteiger partial charge in [0.05, 0.1) is 5.02 Å². The smallest absolute Gasteiger partial charge is 0.144 e. The van der Waals surface area contributed by atoms with Crippen LogP contribution in [0, 0.1) is 11.8 Å². The number of halogens is 1. The zero-order chi connectivity index (χ0) is 15.0. The summed E-state index contributed by atoms with van der Waals surface area (Å²) in [5.74, 6) is 2.13. The maximum Gasteiger partial charge on any atom is 0.144 e. The van der Waals surface area contributed by atoms with Gasteiger partial charge >= 0.3 is 0 Å². The first-order valence-corrected chi connectivity index (χ1v) is 8.03. The van der Waals surface area contributed by atoms with Crippen LogP contribution in [0.4, 0.5) is 5.82 Å². The Balaban J connectivity index is 2.50. The molecule has 0 radical (unpaired) electrons. The van der Waals surface area contributed by atoms with Gasteiger partial charge in [0.25, 0.3) is 0 Å². The van der Waals surface area contributed by atoms with Crippen molar-refractivity contribution in [2.75, 3.05) is 18.4 Å². The standard InChI is InChI=1S/C16H28ClN3/c1-5-13(6-2)10-19-16-15(17)7-14(11-20-16)9-18-8-12(3)4/h7,11-13,18H,5-6,8-10H2,1-4H3,(H,19,20). The Hall–Kier alpha value is -0.800. The number of nitrogens with zero attached hydrogens (tertiary/aromatic N) is 1. The van der Waals surface area contributed by atoms with Crippen LogP contribution in [0.25, 0.3) is 0 Å². The third-order valence-electron chi connectivity index (χ3n) is 3.49. The first-order valence-electron chi connectivity index (χ1n) is 7.65. The second kappa shape index (κ2) is 9.19. The molecule has 0 fully saturated rings. The molecule has 0 aromatic carbocycles. The lowest BCUT2D eigenvalue weighted by molar-refractivity contribution is 0.518. The first kappa shape index (κ1) is 17.3. The number of anilines is 1. The maximum absolute atomic E-state index is 6.29. The van der Waals surface area contributed by atoms with Crippen LogP contribution in [0.1, 0.15) is 46.1 Å². The second-order valence-corrected chi connectivity index (χ2v) is 6.17. The molecule has 0 saturated heterocycles. The molecule has 0 saturated carbocycles. The van der Waals surface area contributed by atoms with Gasteiger partial charge in [-0.1, -0.05) is 52.1 Å². The Morgan fingerprint density at radius 3 is 2.45 bits per heavy atom. The molecule has 0 aliphatic heterocycles. The van der Waals surface area contributed by atoms with E-state index < -0.39 is 0 Å². The summed E-state index contributed by atoms with van der Waals surface area (Å²) in [6.45, 7) is 11.6. The topological polar surface area (TPSA) is 37.0 Å². The number of rotatable bonds is 9. The highest BCUT2D eigenvalue weighted by Gasteiger charge is 2.07. The van der Waals surface area contributed by atoms with Crippen LogP contribution >= 0.6 is 11.6 Å². The van der Waals surface area contributed by atoms with Gasteiger partial charge in [-0.05, 0) is 30.0 Å². The average Bonchev–Trinajstić information content (AvgIpc) is 2.41. The van der Waals surface area contributed by atoms with Crippen molar-refractivity contribution in [2.45, 2.75) is 47.1 Å². The van der Waals surface area contributed by atoms with E-state index in [0.717, 1.165) is 31.0 Å². The molecule has 2 N–H and O–H groups in total. The Morgan fingerprint density at radius 1 is 1.20 bits per heavy atom. The van der Waals surface area contributed by atoms with Gasteiger partial charge in [0.15, 0.2) is 0 Å². The van der Waals surface area contributed by atoms with E-state index in [1.807, 2.05) is 12.3 Å². The van der Waals surface area contributed by atoms with Crippen LogP contribution in [-0.2, 0) is 6.54 Å². The van der Waals surface area contributed by atoms with E-state index >= 15 is 0 Å². The van der Waals surface area contributed by atoms with Gasteiger partial charge in [-0.15, -0.1) is 0 Å². The highest BCUT2D eigenvalue weighted by Crippen LogP contribution is 2.21. The van der Waals surface area contributed by atoms with Gasteiger partial charge in [-0.25, -0.2) is 4.98 Å². The molecule has 0 spiro atoms. The number of aromatic nitrogens is 1. The third-order valence-corrected chi connectivity index (χ3v) is 3.78. The van der Waals surface area contributed by atoms with Gasteiger partial charge < -0.3 is 10.6 Å². The molecule has 1 aromatic rings. The lowest BCUT2D eigenvalue weighted by Gasteiger charge is -2.15. The molecule has 3 nitrogen and oxygen atoms in total. The summed E-state index contributed by atoms with van der Waals surface area (Å²) in [5.41, 5.74) is 1.13. The van der Waals surface area contributed by atoms with E-state index in [-0.39, 0.29) is 0 Å². The molecule has 1 aromatic heterocycles. The Kier molecular flexibility index (Phi) is 7.93. The van der Waals surface area contributed by atoms with Gasteiger partial charge in [0.1, 0.15) is 5.82 Å². The SMILES string of the molecule is CCC(CC)CNc1ncc(CNCC(C)C)cc1Cl. The molecule has 0 bridgehead atoms. The average molecular weight is 298 g/mol. The summed E-state index contributed by atoms with van der Waals surface area (Å²) >= 11 is 6.29. The Morgan fingerprint density at radius 2 is 1.90 bits per heavy atom. The van der Waals surface area contributed by atoms with Crippen molar-refractivity contribution in [3.63, 3.8) is 0 Å². The van der Waals surface area contributed by atoms with E-state index in [9.17, 15) is 0 Å². The fourth-order valence-electron chi connectivity index (χ4n) is 2.03. The van der Waals surface area contributed by atoms with Crippen molar-refractivity contribution in [3.8, 4) is 0 Å². The van der Waals surface area contributed by atoms with Gasteiger partial charge in [-0.2, -0.15) is 0 Å². The minimum Gasteiger partial charge on any atom is -0.369 e. The van der Waals surface area contributed by atoms with Crippen molar-refractivity contribution < 1.29 is 0 Å². The fraction of sp³-hybridized carbons (Fsp3) is 0.688. The zero-order valence-corrected chi connectivity index (χ0v) is 13.9. The molecular weight excluding hydrogens is 270 g/mol. The van der Waals surface area contributed by atoms with E-state index in [4.69, 9.17) is 11.6 Å². The quantitative estimate of drug-likeness (QED) is 0.712. The van der Waals surface area contributed by atoms with Crippen molar-refractivity contribution in [2.24, 2.45) is 11.8 Å². The van der Waals surface area contributed by atoms with Crippen LogP contribution in [-0.4, -0.2) is 18.1 Å². The molecule has 0 amide bonds. The number of hydrogen-bond acceptors (Lipinski definition) is 3. The second-order valence-electron chi connectivity index (χ2n) is 5.76. The molecule has 0 aliphatic rings. The van der Waals surface area contributed by atoms with Crippen LogP contribution in [0.15, 0.2) is 12.3 Å². The van der Waals surface area contributed by atoms with Crippen LogP contribution < -0.4 is 10.6 Å². The summed E-state index contributed by atoms with van der Waals surface area (Å²) in [4.78, 5) is 4.43. The molecule has 0 atom stereocenters. The minimum absolute atomic E-state index is 0.652. The van der Waals surface area contributed by atoms with E-state index in [1.54, 1.807) is 0 Å². The van der Waals surface area contributed by atoms with Crippen molar-refractivity contribution in [3.05, 3.63) is 22.8 Å². The molecule has 0 unspecified atom stereocenters. The third kappa shape index (κ3) is 6.10. The van der Waals surface area contributed by atoms with Crippen LogP contribution in [0.2, 0.25) is 5.02 Å². The lowest BCUT2D eigenvalue weighted by Crippen LogP contribution is -2.19. The first-order chi connectivity index (χ1) is 9.56. The van der Waals surface area contributed by atoms with Crippen LogP contribution in [0.5, 0.6) is 0 Å². The van der Waals surface area contributed by atoms with Gasteiger partial charge in [-0.3, -0.25) is 0 Å². The zero-order valence-electron chi connectivity index (χ0n) is 13.2.